The maximum atomic E-state index is 12.5. The Balaban J connectivity index is 2.52. The lowest BCUT2D eigenvalue weighted by Gasteiger charge is -2.10. The van der Waals surface area contributed by atoms with Crippen LogP contribution < -0.4 is 9.46 Å². The summed E-state index contributed by atoms with van der Waals surface area (Å²) in [5.74, 6) is 0.474. The highest BCUT2D eigenvalue weighted by atomic mass is 35.5. The quantitative estimate of drug-likeness (QED) is 0.922. The third-order valence-electron chi connectivity index (χ3n) is 3.14. The van der Waals surface area contributed by atoms with Crippen LogP contribution in [0.4, 0.5) is 5.88 Å². The Bertz CT molecular complexity index is 866. The van der Waals surface area contributed by atoms with E-state index in [4.69, 9.17) is 26.0 Å². The van der Waals surface area contributed by atoms with Crippen molar-refractivity contribution >= 4 is 27.5 Å². The fraction of sp³-hybridized carbons (Fsp3) is 0.214. The van der Waals surface area contributed by atoms with E-state index >= 15 is 0 Å². The molecule has 1 heterocycles. The van der Waals surface area contributed by atoms with Gasteiger partial charge in [0.05, 0.1) is 7.11 Å². The first-order chi connectivity index (χ1) is 10.3. The summed E-state index contributed by atoms with van der Waals surface area (Å²) >= 11 is 5.85. The van der Waals surface area contributed by atoms with E-state index < -0.39 is 10.0 Å². The molecule has 0 saturated carbocycles. The van der Waals surface area contributed by atoms with E-state index in [9.17, 15) is 8.42 Å². The lowest BCUT2D eigenvalue weighted by Crippen LogP contribution is -2.14. The number of nitrogens with zero attached hydrogens (tertiary/aromatic N) is 1. The molecule has 0 aliphatic rings. The molecule has 0 bridgehead atoms. The van der Waals surface area contributed by atoms with Crippen LogP contribution in [0.5, 0.6) is 5.75 Å². The molecule has 0 atom stereocenters. The molecule has 6 nitrogen and oxygen atoms in total. The van der Waals surface area contributed by atoms with Crippen LogP contribution >= 0.6 is 11.6 Å². The largest absolute Gasteiger partial charge is 0.495 e. The molecule has 0 spiro atoms. The molecule has 0 radical (unpaired) electrons. The van der Waals surface area contributed by atoms with E-state index in [0.29, 0.717) is 11.3 Å². The Labute approximate surface area is 133 Å². The second kappa shape index (κ2) is 5.91. The van der Waals surface area contributed by atoms with Gasteiger partial charge in [-0.2, -0.15) is 5.26 Å². The van der Waals surface area contributed by atoms with Crippen molar-refractivity contribution in [2.75, 3.05) is 11.8 Å². The van der Waals surface area contributed by atoms with E-state index in [0.717, 1.165) is 0 Å². The van der Waals surface area contributed by atoms with Gasteiger partial charge in [0.1, 0.15) is 28.0 Å². The number of ether oxygens (including phenoxy) is 1. The van der Waals surface area contributed by atoms with Crippen molar-refractivity contribution in [2.45, 2.75) is 18.7 Å². The first-order valence-corrected chi connectivity index (χ1v) is 8.02. The van der Waals surface area contributed by atoms with Crippen LogP contribution in [0.3, 0.4) is 0 Å². The normalized spacial score (nSPS) is 11.0. The zero-order valence-corrected chi connectivity index (χ0v) is 13.7. The number of sulfonamides is 1. The van der Waals surface area contributed by atoms with Gasteiger partial charge in [0, 0.05) is 10.6 Å². The van der Waals surface area contributed by atoms with Gasteiger partial charge in [-0.15, -0.1) is 0 Å². The number of nitrogens with one attached hydrogen (secondary N) is 1. The molecular formula is C14H13ClN2O4S. The number of benzene rings is 1. The molecule has 0 fully saturated rings. The molecule has 0 aliphatic heterocycles. The number of furan rings is 1. The first kappa shape index (κ1) is 16.2. The molecule has 1 aromatic carbocycles. The predicted molar refractivity (Wildman–Crippen MR) is 81.7 cm³/mol. The number of hydrogen-bond donors (Lipinski definition) is 1. The van der Waals surface area contributed by atoms with Gasteiger partial charge < -0.3 is 9.15 Å². The van der Waals surface area contributed by atoms with Crippen molar-refractivity contribution in [1.82, 2.24) is 0 Å². The molecule has 1 N–H and O–H groups in total. The average Bonchev–Trinajstić information content (AvgIpc) is 2.72. The molecular weight excluding hydrogens is 328 g/mol. The maximum absolute atomic E-state index is 12.5. The molecule has 0 saturated heterocycles. The molecule has 2 aromatic rings. The zero-order valence-electron chi connectivity index (χ0n) is 12.1. The van der Waals surface area contributed by atoms with Crippen molar-refractivity contribution in [3.05, 3.63) is 40.1 Å². The summed E-state index contributed by atoms with van der Waals surface area (Å²) in [7, 11) is -2.67. The number of aryl methyl sites for hydroxylation is 1. The fourth-order valence-corrected chi connectivity index (χ4v) is 3.30. The van der Waals surface area contributed by atoms with Gasteiger partial charge in [-0.05, 0) is 32.0 Å². The predicted octanol–water partition coefficient (Wildman–Crippen LogP) is 3.23. The fourth-order valence-electron chi connectivity index (χ4n) is 1.87. The number of anilines is 1. The average molecular weight is 341 g/mol. The summed E-state index contributed by atoms with van der Waals surface area (Å²) < 4.78 is 37.6. The van der Waals surface area contributed by atoms with Gasteiger partial charge in [0.2, 0.25) is 5.88 Å². The summed E-state index contributed by atoms with van der Waals surface area (Å²) in [6, 6.07) is 6.14. The molecule has 0 amide bonds. The first-order valence-electron chi connectivity index (χ1n) is 6.16. The summed E-state index contributed by atoms with van der Waals surface area (Å²) in [4.78, 5) is -0.141. The third-order valence-corrected chi connectivity index (χ3v) is 4.73. The number of halogens is 1. The molecule has 0 unspecified atom stereocenters. The van der Waals surface area contributed by atoms with Crippen molar-refractivity contribution in [3.63, 3.8) is 0 Å². The van der Waals surface area contributed by atoms with Crippen molar-refractivity contribution in [1.29, 1.82) is 5.26 Å². The number of methoxy groups -OCH3 is 1. The minimum Gasteiger partial charge on any atom is -0.495 e. The van der Waals surface area contributed by atoms with E-state index in [2.05, 4.69) is 4.72 Å². The standard InChI is InChI=1S/C14H13ClN2O4S/c1-8-9(2)21-14(11(8)7-16)17-22(18,19)13-6-10(15)4-5-12(13)20-3/h4-6,17H,1-3H3. The summed E-state index contributed by atoms with van der Waals surface area (Å²) in [5.41, 5.74) is 0.723. The zero-order chi connectivity index (χ0) is 16.5. The topological polar surface area (TPSA) is 92.3 Å². The van der Waals surface area contributed by atoms with Gasteiger partial charge in [-0.25, -0.2) is 13.1 Å². The van der Waals surface area contributed by atoms with Crippen LogP contribution in [0.15, 0.2) is 27.5 Å². The second-order valence-corrected chi connectivity index (χ2v) is 6.59. The van der Waals surface area contributed by atoms with Gasteiger partial charge in [-0.3, -0.25) is 0 Å². The Morgan fingerprint density at radius 1 is 1.36 bits per heavy atom. The van der Waals surface area contributed by atoms with Gasteiger partial charge >= 0.3 is 0 Å². The van der Waals surface area contributed by atoms with Gasteiger partial charge in [-0.1, -0.05) is 11.6 Å². The Kier molecular flexibility index (Phi) is 4.35. The summed E-state index contributed by atoms with van der Waals surface area (Å²) in [6.07, 6.45) is 0. The van der Waals surface area contributed by atoms with E-state index in [-0.39, 0.29) is 27.1 Å². The van der Waals surface area contributed by atoms with Gasteiger partial charge in [0.15, 0.2) is 0 Å². The lowest BCUT2D eigenvalue weighted by atomic mass is 10.2. The Hall–Kier alpha value is -2.17. The summed E-state index contributed by atoms with van der Waals surface area (Å²) in [6.45, 7) is 3.32. The van der Waals surface area contributed by atoms with Crippen LogP contribution in [0.1, 0.15) is 16.9 Å². The third kappa shape index (κ3) is 2.89. The second-order valence-electron chi connectivity index (χ2n) is 4.50. The number of hydrogen-bond acceptors (Lipinski definition) is 5. The Morgan fingerprint density at radius 2 is 2.05 bits per heavy atom. The Morgan fingerprint density at radius 3 is 2.64 bits per heavy atom. The minimum absolute atomic E-state index is 0.125. The van der Waals surface area contributed by atoms with Crippen LogP contribution in [-0.4, -0.2) is 15.5 Å². The van der Waals surface area contributed by atoms with Crippen LogP contribution in [0, 0.1) is 25.2 Å². The number of rotatable bonds is 4. The number of nitriles is 1. The van der Waals surface area contributed by atoms with Crippen LogP contribution in [0.25, 0.3) is 0 Å². The monoisotopic (exact) mass is 340 g/mol. The van der Waals surface area contributed by atoms with E-state index in [1.54, 1.807) is 13.8 Å². The molecule has 116 valence electrons. The molecule has 1 aromatic heterocycles. The minimum atomic E-state index is -4.02. The lowest BCUT2D eigenvalue weighted by molar-refractivity contribution is 0.403. The van der Waals surface area contributed by atoms with Crippen molar-refractivity contribution < 1.29 is 17.6 Å². The summed E-state index contributed by atoms with van der Waals surface area (Å²) in [5, 5.41) is 9.38. The molecule has 22 heavy (non-hydrogen) atoms. The van der Waals surface area contributed by atoms with Crippen molar-refractivity contribution in [2.24, 2.45) is 0 Å². The highest BCUT2D eigenvalue weighted by Crippen LogP contribution is 2.31. The highest BCUT2D eigenvalue weighted by Gasteiger charge is 2.24. The van der Waals surface area contributed by atoms with E-state index in [1.165, 1.54) is 25.3 Å². The highest BCUT2D eigenvalue weighted by molar-refractivity contribution is 7.92. The maximum Gasteiger partial charge on any atom is 0.267 e. The van der Waals surface area contributed by atoms with Crippen molar-refractivity contribution in [3.8, 4) is 11.8 Å². The van der Waals surface area contributed by atoms with Crippen LogP contribution in [0.2, 0.25) is 5.02 Å². The molecule has 0 aliphatic carbocycles. The van der Waals surface area contributed by atoms with E-state index in [1.807, 2.05) is 6.07 Å². The van der Waals surface area contributed by atoms with Crippen LogP contribution in [-0.2, 0) is 10.0 Å². The SMILES string of the molecule is COc1ccc(Cl)cc1S(=O)(=O)Nc1oc(C)c(C)c1C#N. The smallest absolute Gasteiger partial charge is 0.267 e. The molecule has 2 rings (SSSR count). The van der Waals surface area contributed by atoms with Gasteiger partial charge in [0.25, 0.3) is 10.0 Å². The molecule has 8 heteroatoms.